The molecule has 1 aliphatic heterocycles. The van der Waals surface area contributed by atoms with Crippen molar-refractivity contribution in [3.63, 3.8) is 0 Å². The van der Waals surface area contributed by atoms with Crippen molar-refractivity contribution in [3.05, 3.63) is 35.4 Å². The van der Waals surface area contributed by atoms with Gasteiger partial charge >= 0.3 is 0 Å². The molecular weight excluding hydrogens is 252 g/mol. The molecule has 1 saturated heterocycles. The summed E-state index contributed by atoms with van der Waals surface area (Å²) in [6.07, 6.45) is 0. The van der Waals surface area contributed by atoms with Crippen molar-refractivity contribution in [3.8, 4) is 0 Å². The Kier molecular flexibility index (Phi) is 5.52. The van der Waals surface area contributed by atoms with Gasteiger partial charge in [-0.15, -0.1) is 0 Å². The third kappa shape index (κ3) is 4.59. The molecule has 1 aliphatic rings. The van der Waals surface area contributed by atoms with Gasteiger partial charge in [0, 0.05) is 39.3 Å². The molecule has 1 fully saturated rings. The van der Waals surface area contributed by atoms with E-state index < -0.39 is 0 Å². The van der Waals surface area contributed by atoms with E-state index in [0.29, 0.717) is 6.54 Å². The molecule has 1 aromatic carbocycles. The minimum atomic E-state index is -0.119. The molecule has 0 aliphatic carbocycles. The molecule has 0 radical (unpaired) electrons. The van der Waals surface area contributed by atoms with Gasteiger partial charge in [-0.2, -0.15) is 0 Å². The molecule has 1 aromatic rings. The number of nitrogens with two attached hydrogens (primary N) is 1. The Morgan fingerprint density at radius 1 is 1.15 bits per heavy atom. The second-order valence-electron chi connectivity index (χ2n) is 5.38. The second kappa shape index (κ2) is 7.38. The Labute approximate surface area is 120 Å². The van der Waals surface area contributed by atoms with Gasteiger partial charge in [-0.1, -0.05) is 24.3 Å². The van der Waals surface area contributed by atoms with Gasteiger partial charge in [0.1, 0.15) is 0 Å². The van der Waals surface area contributed by atoms with E-state index >= 15 is 0 Å². The smallest absolute Gasteiger partial charge is 0.234 e. The minimum absolute atomic E-state index is 0.0431. The summed E-state index contributed by atoms with van der Waals surface area (Å²) < 4.78 is 0. The van der Waals surface area contributed by atoms with Gasteiger partial charge in [0.25, 0.3) is 0 Å². The van der Waals surface area contributed by atoms with Crippen LogP contribution in [0.25, 0.3) is 0 Å². The van der Waals surface area contributed by atoms with Gasteiger partial charge in [-0.3, -0.25) is 9.69 Å². The highest BCUT2D eigenvalue weighted by molar-refractivity contribution is 5.77. The van der Waals surface area contributed by atoms with Gasteiger partial charge < -0.3 is 16.0 Å². The fourth-order valence-corrected chi connectivity index (χ4v) is 2.30. The summed E-state index contributed by atoms with van der Waals surface area (Å²) in [5, 5.41) is 2.77. The Morgan fingerprint density at radius 2 is 1.75 bits per heavy atom. The topological polar surface area (TPSA) is 61.6 Å². The molecule has 0 atom stereocenters. The monoisotopic (exact) mass is 276 g/mol. The maximum Gasteiger partial charge on any atom is 0.234 e. The first-order valence-corrected chi connectivity index (χ1v) is 7.13. The molecular formula is C15H24N4O. The van der Waals surface area contributed by atoms with Gasteiger partial charge in [-0.25, -0.2) is 0 Å². The fourth-order valence-electron chi connectivity index (χ4n) is 2.30. The maximum atomic E-state index is 11.1. The highest BCUT2D eigenvalue weighted by atomic mass is 16.1. The second-order valence-corrected chi connectivity index (χ2v) is 5.38. The van der Waals surface area contributed by atoms with Gasteiger partial charge in [0.05, 0.1) is 6.54 Å². The summed E-state index contributed by atoms with van der Waals surface area (Å²) in [5.74, 6) is -0.119. The van der Waals surface area contributed by atoms with Crippen molar-refractivity contribution in [1.29, 1.82) is 0 Å². The van der Waals surface area contributed by atoms with E-state index in [-0.39, 0.29) is 12.5 Å². The van der Waals surface area contributed by atoms with E-state index in [9.17, 15) is 4.79 Å². The van der Waals surface area contributed by atoms with Crippen molar-refractivity contribution in [2.75, 3.05) is 39.8 Å². The zero-order valence-corrected chi connectivity index (χ0v) is 12.1. The molecule has 1 amide bonds. The first kappa shape index (κ1) is 15.0. The number of rotatable bonds is 5. The Morgan fingerprint density at radius 3 is 2.35 bits per heavy atom. The number of piperazine rings is 1. The van der Waals surface area contributed by atoms with E-state index in [2.05, 4.69) is 46.4 Å². The molecule has 0 saturated carbocycles. The van der Waals surface area contributed by atoms with Crippen molar-refractivity contribution in [2.45, 2.75) is 13.1 Å². The summed E-state index contributed by atoms with van der Waals surface area (Å²) in [5.41, 5.74) is 7.68. The first-order chi connectivity index (χ1) is 9.67. The molecule has 0 spiro atoms. The summed E-state index contributed by atoms with van der Waals surface area (Å²) in [6.45, 7) is 6.14. The lowest BCUT2D eigenvalue weighted by Gasteiger charge is -2.32. The molecule has 110 valence electrons. The molecule has 0 unspecified atom stereocenters. The van der Waals surface area contributed by atoms with Gasteiger partial charge in [0.2, 0.25) is 5.91 Å². The summed E-state index contributed by atoms with van der Waals surface area (Å²) in [6, 6.07) is 8.43. The van der Waals surface area contributed by atoms with Crippen molar-refractivity contribution in [2.24, 2.45) is 5.73 Å². The van der Waals surface area contributed by atoms with E-state index in [1.165, 1.54) is 5.56 Å². The van der Waals surface area contributed by atoms with Crippen LogP contribution in [-0.4, -0.2) is 55.5 Å². The lowest BCUT2D eigenvalue weighted by atomic mass is 10.1. The lowest BCUT2D eigenvalue weighted by molar-refractivity contribution is -0.119. The molecule has 5 nitrogen and oxygen atoms in total. The Bertz CT molecular complexity index is 424. The number of hydrogen-bond acceptors (Lipinski definition) is 4. The molecule has 0 aromatic heterocycles. The van der Waals surface area contributed by atoms with Crippen LogP contribution in [0.1, 0.15) is 11.1 Å². The molecule has 3 N–H and O–H groups in total. The normalized spacial score (nSPS) is 17.1. The standard InChI is InChI=1S/C15H24N4O/c1-18-6-8-19(9-7-18)12-14-4-2-13(3-5-14)11-17-15(20)10-16/h2-5H,6-12,16H2,1H3,(H,17,20). The number of benzene rings is 1. The SMILES string of the molecule is CN1CCN(Cc2ccc(CNC(=O)CN)cc2)CC1. The number of likely N-dealkylation sites (N-methyl/N-ethyl adjacent to an activating group) is 1. The van der Waals surface area contributed by atoms with E-state index in [1.54, 1.807) is 0 Å². The van der Waals surface area contributed by atoms with Crippen LogP contribution in [0.5, 0.6) is 0 Å². The Hall–Kier alpha value is -1.43. The summed E-state index contributed by atoms with van der Waals surface area (Å²) in [7, 11) is 2.17. The number of hydrogen-bond donors (Lipinski definition) is 2. The summed E-state index contributed by atoms with van der Waals surface area (Å²) in [4.78, 5) is 15.9. The largest absolute Gasteiger partial charge is 0.351 e. The van der Waals surface area contributed by atoms with Crippen molar-refractivity contribution in [1.82, 2.24) is 15.1 Å². The molecule has 5 heteroatoms. The maximum absolute atomic E-state index is 11.1. The number of nitrogens with one attached hydrogen (secondary N) is 1. The van der Waals surface area contributed by atoms with E-state index in [0.717, 1.165) is 38.3 Å². The van der Waals surface area contributed by atoms with Crippen LogP contribution in [0, 0.1) is 0 Å². The average Bonchev–Trinajstić information content (AvgIpc) is 2.48. The third-order valence-electron chi connectivity index (χ3n) is 3.70. The number of amides is 1. The zero-order valence-electron chi connectivity index (χ0n) is 12.1. The van der Waals surface area contributed by atoms with Crippen LogP contribution in [0.15, 0.2) is 24.3 Å². The van der Waals surface area contributed by atoms with Crippen LogP contribution < -0.4 is 11.1 Å². The predicted octanol–water partition coefficient (Wildman–Crippen LogP) is 0.00890. The first-order valence-electron chi connectivity index (χ1n) is 7.13. The number of carbonyl (C=O) groups excluding carboxylic acids is 1. The van der Waals surface area contributed by atoms with Crippen LogP contribution in [0.2, 0.25) is 0 Å². The van der Waals surface area contributed by atoms with Gasteiger partial charge in [0.15, 0.2) is 0 Å². The highest BCUT2D eigenvalue weighted by Crippen LogP contribution is 2.09. The van der Waals surface area contributed by atoms with Gasteiger partial charge in [-0.05, 0) is 18.2 Å². The third-order valence-corrected chi connectivity index (χ3v) is 3.70. The predicted molar refractivity (Wildman–Crippen MR) is 80.1 cm³/mol. The Balaban J connectivity index is 1.80. The fraction of sp³-hybridized carbons (Fsp3) is 0.533. The quantitative estimate of drug-likeness (QED) is 0.795. The van der Waals surface area contributed by atoms with E-state index in [1.807, 2.05) is 0 Å². The minimum Gasteiger partial charge on any atom is -0.351 e. The highest BCUT2D eigenvalue weighted by Gasteiger charge is 2.13. The molecule has 20 heavy (non-hydrogen) atoms. The molecule has 0 bridgehead atoms. The summed E-state index contributed by atoms with van der Waals surface area (Å²) >= 11 is 0. The van der Waals surface area contributed by atoms with E-state index in [4.69, 9.17) is 5.73 Å². The number of carbonyl (C=O) groups is 1. The zero-order chi connectivity index (χ0) is 14.4. The van der Waals surface area contributed by atoms with Crippen molar-refractivity contribution < 1.29 is 4.79 Å². The number of nitrogens with zero attached hydrogens (tertiary/aromatic N) is 2. The average molecular weight is 276 g/mol. The van der Waals surface area contributed by atoms with Crippen LogP contribution in [0.3, 0.4) is 0 Å². The molecule has 1 heterocycles. The lowest BCUT2D eigenvalue weighted by Crippen LogP contribution is -2.43. The van der Waals surface area contributed by atoms with Crippen LogP contribution in [0.4, 0.5) is 0 Å². The van der Waals surface area contributed by atoms with Crippen LogP contribution >= 0.6 is 0 Å². The van der Waals surface area contributed by atoms with Crippen LogP contribution in [-0.2, 0) is 17.9 Å². The molecule has 2 rings (SSSR count). The van der Waals surface area contributed by atoms with Crippen molar-refractivity contribution >= 4 is 5.91 Å².